The fourth-order valence-corrected chi connectivity index (χ4v) is 4.58. The van der Waals surface area contributed by atoms with Crippen molar-refractivity contribution in [3.63, 3.8) is 0 Å². The average Bonchev–Trinajstić information content (AvgIpc) is 3.22. The van der Waals surface area contributed by atoms with Crippen LogP contribution in [0.15, 0.2) is 27.5 Å². The van der Waals surface area contributed by atoms with Crippen LogP contribution in [0.5, 0.6) is 0 Å². The highest BCUT2D eigenvalue weighted by molar-refractivity contribution is 9.10. The molecule has 7 heteroatoms. The van der Waals surface area contributed by atoms with Crippen LogP contribution < -0.4 is 0 Å². The Morgan fingerprint density at radius 3 is 2.84 bits per heavy atom. The van der Waals surface area contributed by atoms with Crippen molar-refractivity contribution in [2.45, 2.75) is 45.6 Å². The minimum Gasteiger partial charge on any atom is -0.444 e. The van der Waals surface area contributed by atoms with Gasteiger partial charge in [-0.05, 0) is 52.2 Å². The molecule has 0 radical (unpaired) electrons. The Labute approximate surface area is 155 Å². The number of hydrogen-bond donors (Lipinski definition) is 0. The summed E-state index contributed by atoms with van der Waals surface area (Å²) in [7, 11) is 0. The summed E-state index contributed by atoms with van der Waals surface area (Å²) in [5.41, 5.74) is 0.154. The fourth-order valence-electron chi connectivity index (χ4n) is 4.27. The van der Waals surface area contributed by atoms with Gasteiger partial charge < -0.3 is 13.9 Å². The molecule has 1 saturated heterocycles. The largest absolute Gasteiger partial charge is 0.444 e. The van der Waals surface area contributed by atoms with Crippen LogP contribution in [0, 0.1) is 11.3 Å². The normalized spacial score (nSPS) is 21.9. The first-order valence-corrected chi connectivity index (χ1v) is 9.70. The molecule has 1 unspecified atom stereocenters. The summed E-state index contributed by atoms with van der Waals surface area (Å²) in [5, 5.41) is 8.60. The molecule has 4 rings (SSSR count). The van der Waals surface area contributed by atoms with E-state index < -0.39 is 0 Å². The first-order chi connectivity index (χ1) is 12.0. The second kappa shape index (κ2) is 6.27. The molecule has 25 heavy (non-hydrogen) atoms. The zero-order chi connectivity index (χ0) is 17.6. The third-order valence-electron chi connectivity index (χ3n) is 5.59. The van der Waals surface area contributed by atoms with Crippen molar-refractivity contribution in [1.82, 2.24) is 19.7 Å². The zero-order valence-corrected chi connectivity index (χ0v) is 16.2. The molecule has 1 atom stereocenters. The van der Waals surface area contributed by atoms with Crippen LogP contribution in [0.2, 0.25) is 0 Å². The molecule has 2 aromatic heterocycles. The molecule has 6 nitrogen and oxygen atoms in total. The lowest BCUT2D eigenvalue weighted by atomic mass is 9.62. The van der Waals surface area contributed by atoms with Gasteiger partial charge in [-0.2, -0.15) is 0 Å². The van der Waals surface area contributed by atoms with Gasteiger partial charge >= 0.3 is 0 Å². The predicted octanol–water partition coefficient (Wildman–Crippen LogP) is 3.70. The van der Waals surface area contributed by atoms with Crippen LogP contribution >= 0.6 is 15.9 Å². The maximum atomic E-state index is 12.8. The van der Waals surface area contributed by atoms with E-state index in [0.717, 1.165) is 31.8 Å². The lowest BCUT2D eigenvalue weighted by Crippen LogP contribution is -2.38. The summed E-state index contributed by atoms with van der Waals surface area (Å²) in [6, 6.07) is 3.49. The summed E-state index contributed by atoms with van der Waals surface area (Å²) >= 11 is 3.27. The monoisotopic (exact) mass is 406 g/mol. The lowest BCUT2D eigenvalue weighted by molar-refractivity contribution is 0.0692. The Morgan fingerprint density at radius 1 is 1.44 bits per heavy atom. The van der Waals surface area contributed by atoms with Crippen molar-refractivity contribution < 1.29 is 9.21 Å². The molecule has 1 aliphatic carbocycles. The SMILES string of the molecule is CC(C)Cn1cnnc1C1CN(C(=O)c2ccc(Br)o2)CC12CCC2. The van der Waals surface area contributed by atoms with E-state index in [9.17, 15) is 4.79 Å². The maximum Gasteiger partial charge on any atom is 0.289 e. The van der Waals surface area contributed by atoms with Crippen LogP contribution in [-0.4, -0.2) is 38.7 Å². The van der Waals surface area contributed by atoms with Crippen molar-refractivity contribution in [3.05, 3.63) is 34.7 Å². The van der Waals surface area contributed by atoms with E-state index in [4.69, 9.17) is 4.42 Å². The molecule has 134 valence electrons. The highest BCUT2D eigenvalue weighted by Crippen LogP contribution is 2.55. The summed E-state index contributed by atoms with van der Waals surface area (Å²) in [4.78, 5) is 14.8. The van der Waals surface area contributed by atoms with E-state index in [1.54, 1.807) is 12.1 Å². The van der Waals surface area contributed by atoms with Crippen molar-refractivity contribution in [3.8, 4) is 0 Å². The first-order valence-electron chi connectivity index (χ1n) is 8.91. The molecule has 2 aromatic rings. The van der Waals surface area contributed by atoms with Gasteiger partial charge in [0.15, 0.2) is 10.4 Å². The second-order valence-electron chi connectivity index (χ2n) is 7.79. The molecule has 0 bridgehead atoms. The van der Waals surface area contributed by atoms with Gasteiger partial charge in [-0.1, -0.05) is 20.3 Å². The maximum absolute atomic E-state index is 12.8. The Morgan fingerprint density at radius 2 is 2.24 bits per heavy atom. The summed E-state index contributed by atoms with van der Waals surface area (Å²) < 4.78 is 8.23. The second-order valence-corrected chi connectivity index (χ2v) is 8.57. The Hall–Kier alpha value is -1.63. The van der Waals surface area contributed by atoms with E-state index in [0.29, 0.717) is 22.9 Å². The number of rotatable bonds is 4. The molecule has 1 spiro atoms. The number of hydrogen-bond acceptors (Lipinski definition) is 4. The molecule has 1 aliphatic heterocycles. The first kappa shape index (κ1) is 16.8. The van der Waals surface area contributed by atoms with E-state index in [2.05, 4.69) is 44.5 Å². The number of carbonyl (C=O) groups is 1. The van der Waals surface area contributed by atoms with Crippen LogP contribution in [0.3, 0.4) is 0 Å². The van der Waals surface area contributed by atoms with Crippen molar-refractivity contribution >= 4 is 21.8 Å². The number of aromatic nitrogens is 3. The molecule has 1 saturated carbocycles. The Bertz CT molecular complexity index is 778. The van der Waals surface area contributed by atoms with Crippen LogP contribution in [-0.2, 0) is 6.54 Å². The standard InChI is InChI=1S/C18H23BrN4O2/c1-12(2)8-23-11-20-21-16(23)13-9-22(10-18(13)6-3-7-18)17(24)14-4-5-15(19)25-14/h4-5,11-13H,3,6-10H2,1-2H3. The zero-order valence-electron chi connectivity index (χ0n) is 14.6. The third-order valence-corrected chi connectivity index (χ3v) is 6.01. The van der Waals surface area contributed by atoms with Gasteiger partial charge in [0.1, 0.15) is 12.2 Å². The van der Waals surface area contributed by atoms with Gasteiger partial charge in [0.2, 0.25) is 0 Å². The summed E-state index contributed by atoms with van der Waals surface area (Å²) in [6.45, 7) is 6.77. The van der Waals surface area contributed by atoms with E-state index in [-0.39, 0.29) is 17.2 Å². The van der Waals surface area contributed by atoms with Gasteiger partial charge in [0, 0.05) is 25.6 Å². The Kier molecular flexibility index (Phi) is 4.22. The number of furan rings is 1. The summed E-state index contributed by atoms with van der Waals surface area (Å²) in [5.74, 6) is 2.18. The number of likely N-dealkylation sites (tertiary alicyclic amines) is 1. The van der Waals surface area contributed by atoms with Crippen LogP contribution in [0.1, 0.15) is 55.4 Å². The smallest absolute Gasteiger partial charge is 0.289 e. The van der Waals surface area contributed by atoms with Crippen molar-refractivity contribution in [2.75, 3.05) is 13.1 Å². The number of halogens is 1. The fraction of sp³-hybridized carbons (Fsp3) is 0.611. The minimum atomic E-state index is -0.0330. The van der Waals surface area contributed by atoms with Crippen LogP contribution in [0.25, 0.3) is 0 Å². The molecule has 0 aromatic carbocycles. The van der Waals surface area contributed by atoms with E-state index in [1.807, 2.05) is 11.2 Å². The topological polar surface area (TPSA) is 64.2 Å². The third kappa shape index (κ3) is 2.92. The molecule has 2 aliphatic rings. The molecule has 2 fully saturated rings. The predicted molar refractivity (Wildman–Crippen MR) is 96.2 cm³/mol. The molecule has 1 amide bonds. The van der Waals surface area contributed by atoms with E-state index in [1.165, 1.54) is 6.42 Å². The van der Waals surface area contributed by atoms with E-state index >= 15 is 0 Å². The highest BCUT2D eigenvalue weighted by Gasteiger charge is 2.53. The van der Waals surface area contributed by atoms with Crippen molar-refractivity contribution in [1.29, 1.82) is 0 Å². The Balaban J connectivity index is 1.60. The van der Waals surface area contributed by atoms with Gasteiger partial charge in [-0.3, -0.25) is 4.79 Å². The van der Waals surface area contributed by atoms with Gasteiger partial charge in [-0.25, -0.2) is 0 Å². The molecular weight excluding hydrogens is 384 g/mol. The molecule has 0 N–H and O–H groups in total. The van der Waals surface area contributed by atoms with Crippen LogP contribution in [0.4, 0.5) is 0 Å². The summed E-state index contributed by atoms with van der Waals surface area (Å²) in [6.07, 6.45) is 5.36. The van der Waals surface area contributed by atoms with Gasteiger partial charge in [-0.15, -0.1) is 10.2 Å². The molecule has 3 heterocycles. The number of nitrogens with zero attached hydrogens (tertiary/aromatic N) is 4. The quantitative estimate of drug-likeness (QED) is 0.776. The number of amides is 1. The van der Waals surface area contributed by atoms with Gasteiger partial charge in [0.25, 0.3) is 5.91 Å². The highest BCUT2D eigenvalue weighted by atomic mass is 79.9. The minimum absolute atomic E-state index is 0.0330. The lowest BCUT2D eigenvalue weighted by Gasteiger charge is -2.42. The van der Waals surface area contributed by atoms with Crippen molar-refractivity contribution in [2.24, 2.45) is 11.3 Å². The average molecular weight is 407 g/mol. The number of carbonyl (C=O) groups excluding carboxylic acids is 1. The molecular formula is C18H23BrN4O2. The van der Waals surface area contributed by atoms with Gasteiger partial charge in [0.05, 0.1) is 0 Å².